The number of ether oxygens (including phenoxy) is 1. The van der Waals surface area contributed by atoms with Gasteiger partial charge in [0.15, 0.2) is 0 Å². The Kier molecular flexibility index (Phi) is 4.69. The molecule has 0 N–H and O–H groups in total. The van der Waals surface area contributed by atoms with Gasteiger partial charge in [-0.05, 0) is 31.0 Å². The largest absolute Gasteiger partial charge is 0.490 e. The van der Waals surface area contributed by atoms with Crippen LogP contribution in [0.5, 0.6) is 5.75 Å². The minimum atomic E-state index is -4.43. The van der Waals surface area contributed by atoms with Crippen molar-refractivity contribution in [3.63, 3.8) is 0 Å². The summed E-state index contributed by atoms with van der Waals surface area (Å²) < 4.78 is 43.6. The molecule has 0 fully saturated rings. The lowest BCUT2D eigenvalue weighted by atomic mass is 10.1. The molecule has 0 spiro atoms. The second-order valence-electron chi connectivity index (χ2n) is 3.80. The number of halogens is 4. The SMILES string of the molecule is CCC(C)Oc1ccc(CCl)cc1C(F)(F)F. The lowest BCUT2D eigenvalue weighted by molar-refractivity contribution is -0.139. The molecule has 5 heteroatoms. The number of benzene rings is 1. The Hall–Kier alpha value is -0.900. The summed E-state index contributed by atoms with van der Waals surface area (Å²) in [4.78, 5) is 0. The fourth-order valence-corrected chi connectivity index (χ4v) is 1.45. The van der Waals surface area contributed by atoms with E-state index in [0.29, 0.717) is 12.0 Å². The molecular formula is C12H14ClF3O. The van der Waals surface area contributed by atoms with Crippen molar-refractivity contribution in [2.75, 3.05) is 0 Å². The molecule has 0 heterocycles. The molecule has 0 aromatic heterocycles. The van der Waals surface area contributed by atoms with E-state index >= 15 is 0 Å². The third kappa shape index (κ3) is 3.80. The summed E-state index contributed by atoms with van der Waals surface area (Å²) in [6.07, 6.45) is -4.03. The molecule has 0 amide bonds. The average molecular weight is 267 g/mol. The Morgan fingerprint density at radius 1 is 1.35 bits per heavy atom. The first kappa shape index (κ1) is 14.2. The van der Waals surface area contributed by atoms with Crippen molar-refractivity contribution in [2.45, 2.75) is 38.4 Å². The van der Waals surface area contributed by atoms with E-state index in [4.69, 9.17) is 16.3 Å². The van der Waals surface area contributed by atoms with Crippen LogP contribution in [0.4, 0.5) is 13.2 Å². The first-order chi connectivity index (χ1) is 7.88. The van der Waals surface area contributed by atoms with Gasteiger partial charge in [-0.2, -0.15) is 13.2 Å². The maximum absolute atomic E-state index is 12.8. The molecule has 1 nitrogen and oxygen atoms in total. The van der Waals surface area contributed by atoms with Gasteiger partial charge in [0, 0.05) is 5.88 Å². The Labute approximate surface area is 104 Å². The van der Waals surface area contributed by atoms with E-state index in [-0.39, 0.29) is 17.7 Å². The summed E-state index contributed by atoms with van der Waals surface area (Å²) in [6.45, 7) is 3.58. The standard InChI is InChI=1S/C12H14ClF3O/c1-3-8(2)17-11-5-4-9(7-13)6-10(11)12(14,15)16/h4-6,8H,3,7H2,1-2H3. The van der Waals surface area contributed by atoms with Crippen molar-refractivity contribution >= 4 is 11.6 Å². The average Bonchev–Trinajstić information content (AvgIpc) is 2.28. The molecule has 0 saturated heterocycles. The molecule has 1 aromatic rings. The van der Waals surface area contributed by atoms with E-state index in [1.54, 1.807) is 13.0 Å². The maximum atomic E-state index is 12.8. The number of hydrogen-bond donors (Lipinski definition) is 0. The molecule has 0 aliphatic heterocycles. The predicted octanol–water partition coefficient (Wildman–Crippen LogP) is 4.62. The maximum Gasteiger partial charge on any atom is 0.419 e. The van der Waals surface area contributed by atoms with Crippen LogP contribution in [0.15, 0.2) is 18.2 Å². The number of alkyl halides is 4. The van der Waals surface area contributed by atoms with Crippen molar-refractivity contribution in [1.82, 2.24) is 0 Å². The monoisotopic (exact) mass is 266 g/mol. The highest BCUT2D eigenvalue weighted by Crippen LogP contribution is 2.37. The van der Waals surface area contributed by atoms with Crippen LogP contribution in [0.3, 0.4) is 0 Å². The Balaban J connectivity index is 3.11. The van der Waals surface area contributed by atoms with Gasteiger partial charge >= 0.3 is 6.18 Å². The highest BCUT2D eigenvalue weighted by molar-refractivity contribution is 6.17. The molecule has 0 aliphatic rings. The van der Waals surface area contributed by atoms with E-state index in [1.807, 2.05) is 6.92 Å². The van der Waals surface area contributed by atoms with Gasteiger partial charge in [0.25, 0.3) is 0 Å². The van der Waals surface area contributed by atoms with Crippen LogP contribution in [0.2, 0.25) is 0 Å². The second kappa shape index (κ2) is 5.63. The predicted molar refractivity (Wildman–Crippen MR) is 61.4 cm³/mol. The quantitative estimate of drug-likeness (QED) is 0.723. The second-order valence-corrected chi connectivity index (χ2v) is 4.07. The molecule has 0 aliphatic carbocycles. The Morgan fingerprint density at radius 3 is 2.47 bits per heavy atom. The minimum absolute atomic E-state index is 0.0483. The molecular weight excluding hydrogens is 253 g/mol. The van der Waals surface area contributed by atoms with Gasteiger partial charge < -0.3 is 4.74 Å². The lowest BCUT2D eigenvalue weighted by Gasteiger charge is -2.18. The van der Waals surface area contributed by atoms with Gasteiger partial charge in [0.1, 0.15) is 5.75 Å². The molecule has 0 saturated carbocycles. The zero-order valence-corrected chi connectivity index (χ0v) is 10.4. The van der Waals surface area contributed by atoms with E-state index in [2.05, 4.69) is 0 Å². The molecule has 1 unspecified atom stereocenters. The topological polar surface area (TPSA) is 9.23 Å². The third-order valence-electron chi connectivity index (χ3n) is 2.41. The van der Waals surface area contributed by atoms with Crippen LogP contribution < -0.4 is 4.74 Å². The normalized spacial score (nSPS) is 13.5. The van der Waals surface area contributed by atoms with Gasteiger partial charge in [0.2, 0.25) is 0 Å². The van der Waals surface area contributed by atoms with Crippen LogP contribution >= 0.6 is 11.6 Å². The van der Waals surface area contributed by atoms with Crippen LogP contribution in [0.1, 0.15) is 31.4 Å². The Bertz CT molecular complexity index is 377. The van der Waals surface area contributed by atoms with E-state index in [0.717, 1.165) is 6.07 Å². The Morgan fingerprint density at radius 2 is 2.00 bits per heavy atom. The minimum Gasteiger partial charge on any atom is -0.490 e. The van der Waals surface area contributed by atoms with Gasteiger partial charge in [0.05, 0.1) is 11.7 Å². The first-order valence-corrected chi connectivity index (χ1v) is 5.84. The van der Waals surface area contributed by atoms with Crippen LogP contribution in [-0.2, 0) is 12.1 Å². The highest BCUT2D eigenvalue weighted by Gasteiger charge is 2.34. The smallest absolute Gasteiger partial charge is 0.419 e. The summed E-state index contributed by atoms with van der Waals surface area (Å²) in [7, 11) is 0. The van der Waals surface area contributed by atoms with Gasteiger partial charge in [-0.1, -0.05) is 13.0 Å². The fraction of sp³-hybridized carbons (Fsp3) is 0.500. The molecule has 17 heavy (non-hydrogen) atoms. The van der Waals surface area contributed by atoms with E-state index in [1.165, 1.54) is 6.07 Å². The summed E-state index contributed by atoms with van der Waals surface area (Å²) in [5, 5.41) is 0. The zero-order valence-electron chi connectivity index (χ0n) is 9.64. The van der Waals surface area contributed by atoms with Crippen molar-refractivity contribution in [3.05, 3.63) is 29.3 Å². The third-order valence-corrected chi connectivity index (χ3v) is 2.72. The number of rotatable bonds is 4. The van der Waals surface area contributed by atoms with Crippen LogP contribution in [0.25, 0.3) is 0 Å². The highest BCUT2D eigenvalue weighted by atomic mass is 35.5. The van der Waals surface area contributed by atoms with Gasteiger partial charge in [-0.25, -0.2) is 0 Å². The van der Waals surface area contributed by atoms with Crippen LogP contribution in [0, 0.1) is 0 Å². The molecule has 1 aromatic carbocycles. The van der Waals surface area contributed by atoms with Crippen molar-refractivity contribution in [3.8, 4) is 5.75 Å². The van der Waals surface area contributed by atoms with Crippen LogP contribution in [-0.4, -0.2) is 6.10 Å². The summed E-state index contributed by atoms with van der Waals surface area (Å²) in [5.74, 6) is -0.0899. The molecule has 1 atom stereocenters. The molecule has 0 bridgehead atoms. The van der Waals surface area contributed by atoms with Gasteiger partial charge in [-0.3, -0.25) is 0 Å². The lowest BCUT2D eigenvalue weighted by Crippen LogP contribution is -2.15. The molecule has 1 rings (SSSR count). The van der Waals surface area contributed by atoms with Crippen molar-refractivity contribution in [1.29, 1.82) is 0 Å². The summed E-state index contributed by atoms with van der Waals surface area (Å²) in [5.41, 5.74) is -0.341. The molecule has 0 radical (unpaired) electrons. The van der Waals surface area contributed by atoms with E-state index < -0.39 is 11.7 Å². The molecule has 96 valence electrons. The zero-order chi connectivity index (χ0) is 13.1. The van der Waals surface area contributed by atoms with Crippen molar-refractivity contribution < 1.29 is 17.9 Å². The number of hydrogen-bond acceptors (Lipinski definition) is 1. The van der Waals surface area contributed by atoms with Gasteiger partial charge in [-0.15, -0.1) is 11.6 Å². The summed E-state index contributed by atoms with van der Waals surface area (Å²) in [6, 6.07) is 3.90. The van der Waals surface area contributed by atoms with E-state index in [9.17, 15) is 13.2 Å². The summed E-state index contributed by atoms with van der Waals surface area (Å²) >= 11 is 5.53. The van der Waals surface area contributed by atoms with Crippen molar-refractivity contribution in [2.24, 2.45) is 0 Å². The first-order valence-electron chi connectivity index (χ1n) is 5.31. The fourth-order valence-electron chi connectivity index (χ4n) is 1.28.